The summed E-state index contributed by atoms with van der Waals surface area (Å²) in [7, 11) is 1.83. The predicted octanol–water partition coefficient (Wildman–Crippen LogP) is 4.34. The van der Waals surface area contributed by atoms with Gasteiger partial charge in [0.05, 0.1) is 12.2 Å². The Hall–Kier alpha value is -3.06. The summed E-state index contributed by atoms with van der Waals surface area (Å²) in [5, 5.41) is 3.47. The second-order valence-corrected chi connectivity index (χ2v) is 8.43. The number of amides is 1. The first-order valence-electron chi connectivity index (χ1n) is 10.4. The molecule has 31 heavy (non-hydrogen) atoms. The van der Waals surface area contributed by atoms with Crippen molar-refractivity contribution in [1.82, 2.24) is 9.55 Å². The number of aromatic nitrogens is 2. The van der Waals surface area contributed by atoms with Gasteiger partial charge in [0.25, 0.3) is 5.56 Å². The maximum Gasteiger partial charge on any atom is 0.279 e. The number of nitrogens with zero attached hydrogens (tertiary/aromatic N) is 2. The van der Waals surface area contributed by atoms with Crippen LogP contribution in [-0.2, 0) is 17.6 Å². The van der Waals surface area contributed by atoms with Gasteiger partial charge in [0, 0.05) is 30.7 Å². The Labute approximate surface area is 185 Å². The minimum atomic E-state index is -0.392. The number of carbonyl (C=O) groups excluding carboxylic acids is 1. The monoisotopic (exact) mass is 435 g/mol. The number of nitrogens with one attached hydrogen (secondary N) is 1. The Bertz CT molecular complexity index is 1140. The van der Waals surface area contributed by atoms with Crippen LogP contribution < -0.4 is 15.6 Å². The summed E-state index contributed by atoms with van der Waals surface area (Å²) in [5.74, 6) is 1.39. The molecule has 0 spiro atoms. The normalized spacial score (nSPS) is 15.3. The van der Waals surface area contributed by atoms with Gasteiger partial charge < -0.3 is 14.6 Å². The van der Waals surface area contributed by atoms with Crippen LogP contribution in [0.1, 0.15) is 42.4 Å². The molecular formula is C24H25N3O3S. The molecule has 4 rings (SSSR count). The third-order valence-electron chi connectivity index (χ3n) is 5.27. The molecule has 0 aliphatic carbocycles. The van der Waals surface area contributed by atoms with E-state index in [1.54, 1.807) is 0 Å². The zero-order valence-corrected chi connectivity index (χ0v) is 18.4. The van der Waals surface area contributed by atoms with E-state index in [1.165, 1.54) is 11.8 Å². The first-order valence-corrected chi connectivity index (χ1v) is 11.4. The highest BCUT2D eigenvalue weighted by Gasteiger charge is 2.33. The van der Waals surface area contributed by atoms with Crippen LogP contribution in [0, 0.1) is 0 Å². The highest BCUT2D eigenvalue weighted by Crippen LogP contribution is 2.39. The molecule has 0 saturated heterocycles. The molecule has 2 aromatic carbocycles. The molecule has 0 radical (unpaired) electrons. The average molecular weight is 436 g/mol. The van der Waals surface area contributed by atoms with Gasteiger partial charge >= 0.3 is 0 Å². The molecule has 1 aromatic heterocycles. The van der Waals surface area contributed by atoms with Gasteiger partial charge in [-0.25, -0.2) is 0 Å². The second kappa shape index (κ2) is 9.39. The largest absolute Gasteiger partial charge is 0.493 e. The molecule has 1 aliphatic rings. The Morgan fingerprint density at radius 2 is 1.87 bits per heavy atom. The maximum absolute atomic E-state index is 13.1. The SMILES string of the molecule is CCCOc1ccccc1C1CC(=O)Nc2c1c(=O)nc(SCc1ccccc1)n2C. The summed E-state index contributed by atoms with van der Waals surface area (Å²) in [6.45, 7) is 2.62. The van der Waals surface area contributed by atoms with Crippen molar-refractivity contribution in [3.05, 3.63) is 81.6 Å². The van der Waals surface area contributed by atoms with Gasteiger partial charge in [-0.15, -0.1) is 0 Å². The van der Waals surface area contributed by atoms with Crippen LogP contribution in [-0.4, -0.2) is 22.1 Å². The molecule has 1 atom stereocenters. The summed E-state index contributed by atoms with van der Waals surface area (Å²) in [6, 6.07) is 17.6. The number of benzene rings is 2. The summed E-state index contributed by atoms with van der Waals surface area (Å²) in [6.07, 6.45) is 1.06. The highest BCUT2D eigenvalue weighted by atomic mass is 32.2. The summed E-state index contributed by atoms with van der Waals surface area (Å²) in [4.78, 5) is 30.1. The van der Waals surface area contributed by atoms with Crippen molar-refractivity contribution in [3.8, 4) is 5.75 Å². The average Bonchev–Trinajstić information content (AvgIpc) is 2.79. The summed E-state index contributed by atoms with van der Waals surface area (Å²) < 4.78 is 7.72. The fraction of sp³-hybridized carbons (Fsp3) is 0.292. The van der Waals surface area contributed by atoms with E-state index in [2.05, 4.69) is 10.3 Å². The number of rotatable bonds is 7. The minimum absolute atomic E-state index is 0.122. The second-order valence-electron chi connectivity index (χ2n) is 7.49. The van der Waals surface area contributed by atoms with Crippen molar-refractivity contribution in [3.63, 3.8) is 0 Å². The topological polar surface area (TPSA) is 73.2 Å². The van der Waals surface area contributed by atoms with Crippen molar-refractivity contribution < 1.29 is 9.53 Å². The molecule has 2 heterocycles. The summed E-state index contributed by atoms with van der Waals surface area (Å²) in [5.41, 5.74) is 2.19. The molecule has 0 bridgehead atoms. The van der Waals surface area contributed by atoms with Crippen LogP contribution >= 0.6 is 11.8 Å². The molecule has 0 fully saturated rings. The Kier molecular flexibility index (Phi) is 6.42. The number of hydrogen-bond donors (Lipinski definition) is 1. The van der Waals surface area contributed by atoms with Crippen LogP contribution in [0.2, 0.25) is 0 Å². The van der Waals surface area contributed by atoms with Gasteiger partial charge in [-0.05, 0) is 18.1 Å². The molecule has 3 aromatic rings. The number of thioether (sulfide) groups is 1. The van der Waals surface area contributed by atoms with Gasteiger partial charge in [-0.2, -0.15) is 4.98 Å². The van der Waals surface area contributed by atoms with Crippen molar-refractivity contribution in [2.24, 2.45) is 7.05 Å². The van der Waals surface area contributed by atoms with Crippen LogP contribution in [0.5, 0.6) is 5.75 Å². The van der Waals surface area contributed by atoms with Gasteiger partial charge in [0.15, 0.2) is 5.16 Å². The van der Waals surface area contributed by atoms with Crippen LogP contribution in [0.4, 0.5) is 5.82 Å². The van der Waals surface area contributed by atoms with Crippen molar-refractivity contribution >= 4 is 23.5 Å². The zero-order chi connectivity index (χ0) is 21.8. The van der Waals surface area contributed by atoms with E-state index in [9.17, 15) is 9.59 Å². The number of ether oxygens (including phenoxy) is 1. The zero-order valence-electron chi connectivity index (χ0n) is 17.6. The van der Waals surface area contributed by atoms with E-state index in [-0.39, 0.29) is 17.9 Å². The molecule has 1 unspecified atom stereocenters. The molecule has 1 amide bonds. The number of anilines is 1. The van der Waals surface area contributed by atoms with E-state index in [0.717, 1.165) is 17.5 Å². The first kappa shape index (κ1) is 21.2. The molecule has 7 heteroatoms. The van der Waals surface area contributed by atoms with Crippen molar-refractivity contribution in [2.45, 2.75) is 36.6 Å². The van der Waals surface area contributed by atoms with Gasteiger partial charge in [0.1, 0.15) is 11.6 Å². The highest BCUT2D eigenvalue weighted by molar-refractivity contribution is 7.98. The Morgan fingerprint density at radius 1 is 1.13 bits per heavy atom. The predicted molar refractivity (Wildman–Crippen MR) is 123 cm³/mol. The molecule has 1 N–H and O–H groups in total. The van der Waals surface area contributed by atoms with Crippen molar-refractivity contribution in [1.29, 1.82) is 0 Å². The molecule has 160 valence electrons. The standard InChI is InChI=1S/C24H25N3O3S/c1-3-13-30-19-12-8-7-11-17(19)18-14-20(28)25-22-21(18)23(29)26-24(27(22)2)31-15-16-9-5-4-6-10-16/h4-12,18H,3,13-15H2,1-2H3,(H,25,28). The molecule has 6 nitrogen and oxygen atoms in total. The smallest absolute Gasteiger partial charge is 0.279 e. The lowest BCUT2D eigenvalue weighted by Crippen LogP contribution is -2.33. The minimum Gasteiger partial charge on any atom is -0.493 e. The van der Waals surface area contributed by atoms with Crippen LogP contribution in [0.15, 0.2) is 64.5 Å². The van der Waals surface area contributed by atoms with Gasteiger partial charge in [-0.3, -0.25) is 9.59 Å². The number of carbonyl (C=O) groups is 1. The van der Waals surface area contributed by atoms with Crippen LogP contribution in [0.3, 0.4) is 0 Å². The quantitative estimate of drug-likeness (QED) is 0.442. The first-order chi connectivity index (χ1) is 15.1. The number of hydrogen-bond acceptors (Lipinski definition) is 5. The van der Waals surface area contributed by atoms with Gasteiger partial charge in [-0.1, -0.05) is 67.2 Å². The molecule has 0 saturated carbocycles. The van der Waals surface area contributed by atoms with E-state index in [1.807, 2.05) is 73.1 Å². The fourth-order valence-corrected chi connectivity index (χ4v) is 4.68. The maximum atomic E-state index is 13.1. The van der Waals surface area contributed by atoms with Gasteiger partial charge in [0.2, 0.25) is 5.91 Å². The van der Waals surface area contributed by atoms with E-state index < -0.39 is 5.92 Å². The molecule has 1 aliphatic heterocycles. The summed E-state index contributed by atoms with van der Waals surface area (Å²) >= 11 is 1.48. The van der Waals surface area contributed by atoms with E-state index >= 15 is 0 Å². The number of fused-ring (bicyclic) bond motifs is 1. The van der Waals surface area contributed by atoms with Crippen molar-refractivity contribution in [2.75, 3.05) is 11.9 Å². The number of para-hydroxylation sites is 1. The van der Waals surface area contributed by atoms with Crippen LogP contribution in [0.25, 0.3) is 0 Å². The fourth-order valence-electron chi connectivity index (χ4n) is 3.76. The van der Waals surface area contributed by atoms with E-state index in [4.69, 9.17) is 4.74 Å². The molecular weight excluding hydrogens is 410 g/mol. The Morgan fingerprint density at radius 3 is 2.65 bits per heavy atom. The lowest BCUT2D eigenvalue weighted by Gasteiger charge is -2.28. The van der Waals surface area contributed by atoms with E-state index in [0.29, 0.717) is 34.6 Å². The Balaban J connectivity index is 1.72. The third kappa shape index (κ3) is 4.51. The third-order valence-corrected chi connectivity index (χ3v) is 6.37. The lowest BCUT2D eigenvalue weighted by molar-refractivity contribution is -0.116. The lowest BCUT2D eigenvalue weighted by atomic mass is 9.86.